The van der Waals surface area contributed by atoms with Gasteiger partial charge in [-0.3, -0.25) is 4.79 Å². The molecule has 0 saturated heterocycles. The van der Waals surface area contributed by atoms with E-state index < -0.39 is 0 Å². The van der Waals surface area contributed by atoms with Crippen LogP contribution in [0.25, 0.3) is 0 Å². The van der Waals surface area contributed by atoms with E-state index in [-0.39, 0.29) is 11.9 Å². The number of aryl methyl sites for hydroxylation is 1. The molecule has 2 aromatic carbocycles. The van der Waals surface area contributed by atoms with Gasteiger partial charge < -0.3 is 5.32 Å². The first kappa shape index (κ1) is 14.2. The second kappa shape index (κ2) is 6.31. The second-order valence-corrected chi connectivity index (χ2v) is 5.89. The highest BCUT2D eigenvalue weighted by Crippen LogP contribution is 2.29. The average Bonchev–Trinajstić information content (AvgIpc) is 2.50. The lowest BCUT2D eigenvalue weighted by Gasteiger charge is -2.26. The third-order valence-corrected chi connectivity index (χ3v) is 4.38. The lowest BCUT2D eigenvalue weighted by atomic mass is 9.87. The van der Waals surface area contributed by atoms with E-state index in [1.807, 2.05) is 30.3 Å². The Morgan fingerprint density at radius 2 is 1.90 bits per heavy atom. The summed E-state index contributed by atoms with van der Waals surface area (Å²) in [5.41, 5.74) is 3.49. The highest BCUT2D eigenvalue weighted by atomic mass is 35.5. The number of nitrogens with one attached hydrogen (secondary N) is 1. The molecule has 0 radical (unpaired) electrons. The molecule has 1 N–H and O–H groups in total. The summed E-state index contributed by atoms with van der Waals surface area (Å²) in [6.07, 6.45) is 3.56. The highest BCUT2D eigenvalue weighted by molar-refractivity contribution is 6.31. The molecule has 0 fully saturated rings. The standard InChI is InChI=1S/C18H18ClNO/c19-16-10-4-2-7-14(16)12-18(21)20-17-11-5-8-13-6-1-3-9-15(13)17/h1-4,6-7,9-10,17H,5,8,11-12H2,(H,20,21). The van der Waals surface area contributed by atoms with Gasteiger partial charge >= 0.3 is 0 Å². The van der Waals surface area contributed by atoms with Gasteiger partial charge in [0.05, 0.1) is 12.5 Å². The fourth-order valence-corrected chi connectivity index (χ4v) is 3.17. The van der Waals surface area contributed by atoms with Crippen molar-refractivity contribution in [2.45, 2.75) is 31.7 Å². The average molecular weight is 300 g/mol. The van der Waals surface area contributed by atoms with Crippen LogP contribution >= 0.6 is 11.6 Å². The third kappa shape index (κ3) is 3.27. The van der Waals surface area contributed by atoms with Gasteiger partial charge in [0, 0.05) is 5.02 Å². The molecule has 1 unspecified atom stereocenters. The molecule has 1 aliphatic carbocycles. The molecule has 0 bridgehead atoms. The van der Waals surface area contributed by atoms with E-state index in [2.05, 4.69) is 23.5 Å². The number of benzene rings is 2. The maximum absolute atomic E-state index is 12.3. The molecule has 0 aliphatic heterocycles. The molecule has 108 valence electrons. The number of carbonyl (C=O) groups is 1. The Bertz CT molecular complexity index is 653. The largest absolute Gasteiger partial charge is 0.349 e. The zero-order chi connectivity index (χ0) is 14.7. The molecule has 3 rings (SSSR count). The van der Waals surface area contributed by atoms with E-state index in [1.54, 1.807) is 0 Å². The fraction of sp³-hybridized carbons (Fsp3) is 0.278. The van der Waals surface area contributed by atoms with Crippen LogP contribution in [0.1, 0.15) is 35.6 Å². The lowest BCUT2D eigenvalue weighted by molar-refractivity contribution is -0.121. The Morgan fingerprint density at radius 1 is 1.14 bits per heavy atom. The van der Waals surface area contributed by atoms with E-state index in [0.717, 1.165) is 24.8 Å². The van der Waals surface area contributed by atoms with Crippen molar-refractivity contribution in [3.63, 3.8) is 0 Å². The van der Waals surface area contributed by atoms with Crippen LogP contribution < -0.4 is 5.32 Å². The number of halogens is 1. The molecule has 3 heteroatoms. The Balaban J connectivity index is 1.70. The monoisotopic (exact) mass is 299 g/mol. The number of hydrogen-bond donors (Lipinski definition) is 1. The maximum Gasteiger partial charge on any atom is 0.224 e. The van der Waals surface area contributed by atoms with Gasteiger partial charge in [-0.2, -0.15) is 0 Å². The van der Waals surface area contributed by atoms with Crippen LogP contribution in [0.3, 0.4) is 0 Å². The van der Waals surface area contributed by atoms with Crippen molar-refractivity contribution in [2.24, 2.45) is 0 Å². The van der Waals surface area contributed by atoms with Crippen molar-refractivity contribution in [1.29, 1.82) is 0 Å². The van der Waals surface area contributed by atoms with Crippen molar-refractivity contribution < 1.29 is 4.79 Å². The van der Waals surface area contributed by atoms with E-state index in [4.69, 9.17) is 11.6 Å². The Hall–Kier alpha value is -1.80. The third-order valence-electron chi connectivity index (χ3n) is 4.01. The van der Waals surface area contributed by atoms with E-state index in [0.29, 0.717) is 11.4 Å². The minimum absolute atomic E-state index is 0.0322. The van der Waals surface area contributed by atoms with Gasteiger partial charge in [-0.05, 0) is 42.0 Å². The van der Waals surface area contributed by atoms with Crippen LogP contribution in [0.15, 0.2) is 48.5 Å². The normalized spacial score (nSPS) is 17.1. The number of hydrogen-bond acceptors (Lipinski definition) is 1. The summed E-state index contributed by atoms with van der Waals surface area (Å²) in [4.78, 5) is 12.3. The topological polar surface area (TPSA) is 29.1 Å². The highest BCUT2D eigenvalue weighted by Gasteiger charge is 2.21. The summed E-state index contributed by atoms with van der Waals surface area (Å²) in [5, 5.41) is 3.80. The Morgan fingerprint density at radius 3 is 2.76 bits per heavy atom. The summed E-state index contributed by atoms with van der Waals surface area (Å²) in [7, 11) is 0. The van der Waals surface area contributed by atoms with Crippen LogP contribution in [0.5, 0.6) is 0 Å². The summed E-state index contributed by atoms with van der Waals surface area (Å²) >= 11 is 6.11. The van der Waals surface area contributed by atoms with Gasteiger partial charge in [-0.15, -0.1) is 0 Å². The predicted molar refractivity (Wildman–Crippen MR) is 85.4 cm³/mol. The lowest BCUT2D eigenvalue weighted by Crippen LogP contribution is -2.32. The van der Waals surface area contributed by atoms with E-state index in [9.17, 15) is 4.79 Å². The molecule has 1 aliphatic rings. The van der Waals surface area contributed by atoms with E-state index in [1.165, 1.54) is 11.1 Å². The van der Waals surface area contributed by atoms with Crippen LogP contribution in [0.2, 0.25) is 5.02 Å². The fourth-order valence-electron chi connectivity index (χ4n) is 2.96. The van der Waals surface area contributed by atoms with Crippen molar-refractivity contribution in [1.82, 2.24) is 5.32 Å². The quantitative estimate of drug-likeness (QED) is 0.909. The number of fused-ring (bicyclic) bond motifs is 1. The summed E-state index contributed by atoms with van der Waals surface area (Å²) in [6.45, 7) is 0. The molecule has 1 amide bonds. The molecule has 2 aromatic rings. The molecule has 1 atom stereocenters. The number of rotatable bonds is 3. The first-order valence-corrected chi connectivity index (χ1v) is 7.72. The van der Waals surface area contributed by atoms with E-state index >= 15 is 0 Å². The number of carbonyl (C=O) groups excluding carboxylic acids is 1. The molecule has 0 saturated carbocycles. The van der Waals surface area contributed by atoms with Crippen LogP contribution in [0.4, 0.5) is 0 Å². The van der Waals surface area contributed by atoms with Crippen molar-refractivity contribution in [2.75, 3.05) is 0 Å². The van der Waals surface area contributed by atoms with Crippen molar-refractivity contribution in [3.05, 3.63) is 70.2 Å². The first-order valence-electron chi connectivity index (χ1n) is 7.34. The summed E-state index contributed by atoms with van der Waals surface area (Å²) in [5.74, 6) is 0.0322. The first-order chi connectivity index (χ1) is 10.2. The van der Waals surface area contributed by atoms with Gasteiger partial charge in [0.15, 0.2) is 0 Å². The minimum atomic E-state index is 0.0322. The predicted octanol–water partition coefficient (Wildman–Crippen LogP) is 4.08. The van der Waals surface area contributed by atoms with Crippen LogP contribution in [-0.4, -0.2) is 5.91 Å². The van der Waals surface area contributed by atoms with Gasteiger partial charge in [0.25, 0.3) is 0 Å². The maximum atomic E-state index is 12.3. The smallest absolute Gasteiger partial charge is 0.224 e. The second-order valence-electron chi connectivity index (χ2n) is 5.48. The van der Waals surface area contributed by atoms with Gasteiger partial charge in [0.2, 0.25) is 5.91 Å². The molecule has 0 aromatic heterocycles. The molecule has 2 nitrogen and oxygen atoms in total. The van der Waals surface area contributed by atoms with Gasteiger partial charge in [-0.25, -0.2) is 0 Å². The van der Waals surface area contributed by atoms with Crippen molar-refractivity contribution in [3.8, 4) is 0 Å². The molecular weight excluding hydrogens is 282 g/mol. The Labute approximate surface area is 130 Å². The van der Waals surface area contributed by atoms with Gasteiger partial charge in [0.1, 0.15) is 0 Å². The Kier molecular flexibility index (Phi) is 4.26. The summed E-state index contributed by atoms with van der Waals surface area (Å²) < 4.78 is 0. The molecule has 21 heavy (non-hydrogen) atoms. The molecule has 0 heterocycles. The number of amides is 1. The molecular formula is C18H18ClNO. The van der Waals surface area contributed by atoms with Crippen molar-refractivity contribution >= 4 is 17.5 Å². The van der Waals surface area contributed by atoms with Gasteiger partial charge in [-0.1, -0.05) is 54.1 Å². The van der Waals surface area contributed by atoms with Crippen LogP contribution in [0, 0.1) is 0 Å². The SMILES string of the molecule is O=C(Cc1ccccc1Cl)NC1CCCc2ccccc21. The molecule has 0 spiro atoms. The van der Waals surface area contributed by atoms with Crippen LogP contribution in [-0.2, 0) is 17.6 Å². The zero-order valence-corrected chi connectivity index (χ0v) is 12.6. The summed E-state index contributed by atoms with van der Waals surface area (Å²) in [6, 6.07) is 16.0. The zero-order valence-electron chi connectivity index (χ0n) is 11.8. The minimum Gasteiger partial charge on any atom is -0.349 e.